The molecule has 1 fully saturated rings. The van der Waals surface area contributed by atoms with Crippen LogP contribution in [0.2, 0.25) is 0 Å². The van der Waals surface area contributed by atoms with Crippen LogP contribution >= 0.6 is 0 Å². The molecule has 112 valence electrons. The average Bonchev–Trinajstić information content (AvgIpc) is 2.96. The van der Waals surface area contributed by atoms with Crippen molar-refractivity contribution < 1.29 is 14.2 Å². The molecular formula is C16H25NO3. The molecule has 1 N–H and O–H groups in total. The Kier molecular flexibility index (Phi) is 5.68. The third-order valence-corrected chi connectivity index (χ3v) is 3.44. The SMILES string of the molecule is COc1ccc(CNC(C)C)cc1OCC1CCOC1. The number of hydrogen-bond donors (Lipinski definition) is 1. The Morgan fingerprint density at radius 1 is 1.35 bits per heavy atom. The molecule has 1 heterocycles. The first-order chi connectivity index (χ1) is 9.69. The third kappa shape index (κ3) is 4.39. The molecule has 0 radical (unpaired) electrons. The van der Waals surface area contributed by atoms with Crippen molar-refractivity contribution in [2.75, 3.05) is 26.9 Å². The Hall–Kier alpha value is -1.26. The summed E-state index contributed by atoms with van der Waals surface area (Å²) in [5.74, 6) is 2.11. The lowest BCUT2D eigenvalue weighted by molar-refractivity contribution is 0.165. The van der Waals surface area contributed by atoms with E-state index >= 15 is 0 Å². The summed E-state index contributed by atoms with van der Waals surface area (Å²) in [5, 5.41) is 3.41. The quantitative estimate of drug-likeness (QED) is 0.833. The van der Waals surface area contributed by atoms with Gasteiger partial charge in [0.15, 0.2) is 11.5 Å². The molecule has 4 heteroatoms. The van der Waals surface area contributed by atoms with Crippen molar-refractivity contribution in [3.05, 3.63) is 23.8 Å². The maximum absolute atomic E-state index is 5.93. The third-order valence-electron chi connectivity index (χ3n) is 3.44. The molecule has 20 heavy (non-hydrogen) atoms. The van der Waals surface area contributed by atoms with E-state index in [4.69, 9.17) is 14.2 Å². The van der Waals surface area contributed by atoms with E-state index in [1.807, 2.05) is 6.07 Å². The lowest BCUT2D eigenvalue weighted by Gasteiger charge is -2.15. The standard InChI is InChI=1S/C16H25NO3/c1-12(2)17-9-13-4-5-15(18-3)16(8-13)20-11-14-6-7-19-10-14/h4-5,8,12,14,17H,6-7,9-11H2,1-3H3. The van der Waals surface area contributed by atoms with Crippen molar-refractivity contribution in [2.24, 2.45) is 5.92 Å². The van der Waals surface area contributed by atoms with Crippen molar-refractivity contribution >= 4 is 0 Å². The van der Waals surface area contributed by atoms with Gasteiger partial charge < -0.3 is 19.5 Å². The zero-order chi connectivity index (χ0) is 14.4. The largest absolute Gasteiger partial charge is 0.493 e. The smallest absolute Gasteiger partial charge is 0.161 e. The summed E-state index contributed by atoms with van der Waals surface area (Å²) in [6.45, 7) is 7.46. The van der Waals surface area contributed by atoms with E-state index in [1.54, 1.807) is 7.11 Å². The summed E-state index contributed by atoms with van der Waals surface area (Å²) < 4.78 is 16.7. The van der Waals surface area contributed by atoms with Crippen molar-refractivity contribution in [1.29, 1.82) is 0 Å². The minimum Gasteiger partial charge on any atom is -0.493 e. The molecule has 0 spiro atoms. The van der Waals surface area contributed by atoms with Crippen molar-refractivity contribution in [3.63, 3.8) is 0 Å². The molecule has 1 aromatic rings. The zero-order valence-corrected chi connectivity index (χ0v) is 12.6. The van der Waals surface area contributed by atoms with E-state index in [0.29, 0.717) is 18.6 Å². The van der Waals surface area contributed by atoms with Gasteiger partial charge in [0.1, 0.15) is 0 Å². The summed E-state index contributed by atoms with van der Waals surface area (Å²) in [7, 11) is 1.67. The highest BCUT2D eigenvalue weighted by molar-refractivity contribution is 5.43. The predicted molar refractivity (Wildman–Crippen MR) is 79.4 cm³/mol. The topological polar surface area (TPSA) is 39.7 Å². The lowest BCUT2D eigenvalue weighted by Crippen LogP contribution is -2.21. The first kappa shape index (κ1) is 15.1. The summed E-state index contributed by atoms with van der Waals surface area (Å²) in [6, 6.07) is 6.57. The molecule has 1 aliphatic heterocycles. The molecule has 1 atom stereocenters. The second kappa shape index (κ2) is 7.50. The number of hydrogen-bond acceptors (Lipinski definition) is 4. The van der Waals surface area contributed by atoms with Gasteiger partial charge in [-0.05, 0) is 24.1 Å². The van der Waals surface area contributed by atoms with Crippen molar-refractivity contribution in [1.82, 2.24) is 5.32 Å². The summed E-state index contributed by atoms with van der Waals surface area (Å²) in [4.78, 5) is 0. The average molecular weight is 279 g/mol. The normalized spacial score (nSPS) is 18.5. The number of rotatable bonds is 7. The molecule has 0 saturated carbocycles. The van der Waals surface area contributed by atoms with Gasteiger partial charge in [-0.1, -0.05) is 19.9 Å². The first-order valence-corrected chi connectivity index (χ1v) is 7.30. The Morgan fingerprint density at radius 2 is 2.20 bits per heavy atom. The van der Waals surface area contributed by atoms with Gasteiger partial charge in [-0.25, -0.2) is 0 Å². The Labute approximate surface area is 121 Å². The predicted octanol–water partition coefficient (Wildman–Crippen LogP) is 2.61. The fourth-order valence-electron chi connectivity index (χ4n) is 2.19. The number of methoxy groups -OCH3 is 1. The van der Waals surface area contributed by atoms with E-state index < -0.39 is 0 Å². The van der Waals surface area contributed by atoms with Gasteiger partial charge in [-0.15, -0.1) is 0 Å². The van der Waals surface area contributed by atoms with Gasteiger partial charge >= 0.3 is 0 Å². The molecule has 2 rings (SSSR count). The maximum atomic E-state index is 5.93. The second-order valence-corrected chi connectivity index (χ2v) is 5.56. The highest BCUT2D eigenvalue weighted by atomic mass is 16.5. The van der Waals surface area contributed by atoms with Gasteiger partial charge in [0.2, 0.25) is 0 Å². The maximum Gasteiger partial charge on any atom is 0.161 e. The Bertz CT molecular complexity index is 414. The molecule has 0 amide bonds. The second-order valence-electron chi connectivity index (χ2n) is 5.56. The van der Waals surface area contributed by atoms with E-state index in [9.17, 15) is 0 Å². The van der Waals surface area contributed by atoms with Crippen molar-refractivity contribution in [3.8, 4) is 11.5 Å². The molecular weight excluding hydrogens is 254 g/mol. The van der Waals surface area contributed by atoms with Crippen LogP contribution in [0.1, 0.15) is 25.8 Å². The molecule has 1 aromatic carbocycles. The van der Waals surface area contributed by atoms with E-state index in [0.717, 1.165) is 37.7 Å². The molecule has 4 nitrogen and oxygen atoms in total. The molecule has 1 unspecified atom stereocenters. The highest BCUT2D eigenvalue weighted by Crippen LogP contribution is 2.29. The Morgan fingerprint density at radius 3 is 2.85 bits per heavy atom. The zero-order valence-electron chi connectivity index (χ0n) is 12.6. The monoisotopic (exact) mass is 279 g/mol. The van der Waals surface area contributed by atoms with Crippen LogP contribution < -0.4 is 14.8 Å². The van der Waals surface area contributed by atoms with Gasteiger partial charge in [0, 0.05) is 25.1 Å². The molecule has 1 aliphatic rings. The first-order valence-electron chi connectivity index (χ1n) is 7.30. The van der Waals surface area contributed by atoms with Gasteiger partial charge in [0.25, 0.3) is 0 Å². The van der Waals surface area contributed by atoms with Crippen LogP contribution in [0.5, 0.6) is 11.5 Å². The molecule has 0 aromatic heterocycles. The van der Waals surface area contributed by atoms with Crippen LogP contribution in [0.3, 0.4) is 0 Å². The molecule has 0 bridgehead atoms. The molecule has 1 saturated heterocycles. The van der Waals surface area contributed by atoms with Crippen LogP contribution in [0, 0.1) is 5.92 Å². The fraction of sp³-hybridized carbons (Fsp3) is 0.625. The van der Waals surface area contributed by atoms with Crippen LogP contribution in [0.15, 0.2) is 18.2 Å². The van der Waals surface area contributed by atoms with Crippen LogP contribution in [-0.4, -0.2) is 33.0 Å². The summed E-state index contributed by atoms with van der Waals surface area (Å²) in [6.07, 6.45) is 1.08. The van der Waals surface area contributed by atoms with Gasteiger partial charge in [-0.2, -0.15) is 0 Å². The van der Waals surface area contributed by atoms with E-state index in [2.05, 4.69) is 31.3 Å². The van der Waals surface area contributed by atoms with Crippen molar-refractivity contribution in [2.45, 2.75) is 32.9 Å². The summed E-state index contributed by atoms with van der Waals surface area (Å²) >= 11 is 0. The minimum absolute atomic E-state index is 0.470. The van der Waals surface area contributed by atoms with E-state index in [-0.39, 0.29) is 0 Å². The molecule has 0 aliphatic carbocycles. The Balaban J connectivity index is 1.97. The van der Waals surface area contributed by atoms with Crippen LogP contribution in [0.4, 0.5) is 0 Å². The van der Waals surface area contributed by atoms with Gasteiger partial charge in [-0.3, -0.25) is 0 Å². The highest BCUT2D eigenvalue weighted by Gasteiger charge is 2.17. The van der Waals surface area contributed by atoms with Crippen LogP contribution in [0.25, 0.3) is 0 Å². The van der Waals surface area contributed by atoms with Gasteiger partial charge in [0.05, 0.1) is 20.3 Å². The van der Waals surface area contributed by atoms with E-state index in [1.165, 1.54) is 5.56 Å². The number of nitrogens with one attached hydrogen (secondary N) is 1. The lowest BCUT2D eigenvalue weighted by atomic mass is 10.1. The summed E-state index contributed by atoms with van der Waals surface area (Å²) in [5.41, 5.74) is 1.21. The fourth-order valence-corrected chi connectivity index (χ4v) is 2.19. The van der Waals surface area contributed by atoms with Crippen LogP contribution in [-0.2, 0) is 11.3 Å². The minimum atomic E-state index is 0.470. The number of ether oxygens (including phenoxy) is 3. The number of benzene rings is 1.